The molecule has 0 amide bonds. The summed E-state index contributed by atoms with van der Waals surface area (Å²) in [6, 6.07) is 5.34. The molecule has 0 bridgehead atoms. The Bertz CT molecular complexity index is 615. The molecule has 1 aliphatic rings. The molecule has 1 atom stereocenters. The van der Waals surface area contributed by atoms with Crippen molar-refractivity contribution in [2.24, 2.45) is 5.41 Å². The predicted molar refractivity (Wildman–Crippen MR) is 61.9 cm³/mol. The quantitative estimate of drug-likeness (QED) is 0.859. The summed E-state index contributed by atoms with van der Waals surface area (Å²) in [5, 5.41) is 17.3. The van der Waals surface area contributed by atoms with Gasteiger partial charge in [0, 0.05) is 0 Å². The average Bonchev–Trinajstić information content (AvgIpc) is 2.74. The fourth-order valence-electron chi connectivity index (χ4n) is 2.24. The molecule has 88 valence electrons. The Morgan fingerprint density at radius 1 is 1.53 bits per heavy atom. The minimum Gasteiger partial charge on any atom is -0.478 e. The molecule has 1 heterocycles. The molecule has 1 N–H and O–H groups in total. The van der Waals surface area contributed by atoms with Gasteiger partial charge in [0.05, 0.1) is 11.6 Å². The van der Waals surface area contributed by atoms with Gasteiger partial charge in [-0.15, -0.1) is 5.10 Å². The molecule has 1 fully saturated rings. The number of carbonyl (C=O) groups is 1. The molecule has 0 spiro atoms. The minimum atomic E-state index is -0.933. The molecule has 3 rings (SSSR count). The number of aromatic carboxylic acids is 1. The van der Waals surface area contributed by atoms with E-state index in [0.717, 1.165) is 6.42 Å². The van der Waals surface area contributed by atoms with Gasteiger partial charge < -0.3 is 5.11 Å². The summed E-state index contributed by atoms with van der Waals surface area (Å²) in [5.74, 6) is -0.933. The van der Waals surface area contributed by atoms with Crippen molar-refractivity contribution in [2.75, 3.05) is 0 Å². The third-order valence-electron chi connectivity index (χ3n) is 3.48. The van der Waals surface area contributed by atoms with Crippen molar-refractivity contribution in [3.8, 4) is 0 Å². The summed E-state index contributed by atoms with van der Waals surface area (Å²) < 4.78 is 1.76. The van der Waals surface area contributed by atoms with Gasteiger partial charge in [-0.1, -0.05) is 25.1 Å². The molecule has 17 heavy (non-hydrogen) atoms. The largest absolute Gasteiger partial charge is 0.478 e. The van der Waals surface area contributed by atoms with E-state index in [1.54, 1.807) is 22.9 Å². The van der Waals surface area contributed by atoms with Crippen molar-refractivity contribution in [1.29, 1.82) is 0 Å². The number of rotatable bonds is 2. The average molecular weight is 231 g/mol. The van der Waals surface area contributed by atoms with E-state index in [-0.39, 0.29) is 17.0 Å². The van der Waals surface area contributed by atoms with E-state index in [4.69, 9.17) is 0 Å². The number of nitrogens with zero attached hydrogens (tertiary/aromatic N) is 3. The van der Waals surface area contributed by atoms with Crippen LogP contribution in [0.15, 0.2) is 18.2 Å². The number of hydrogen-bond donors (Lipinski definition) is 1. The molecule has 1 unspecified atom stereocenters. The highest BCUT2D eigenvalue weighted by Crippen LogP contribution is 2.55. The zero-order valence-electron chi connectivity index (χ0n) is 9.71. The lowest BCUT2D eigenvalue weighted by atomic mass is 10.1. The number of carboxylic acids is 1. The Morgan fingerprint density at radius 2 is 2.24 bits per heavy atom. The third kappa shape index (κ3) is 1.42. The van der Waals surface area contributed by atoms with Gasteiger partial charge in [0.15, 0.2) is 0 Å². The van der Waals surface area contributed by atoms with Crippen LogP contribution < -0.4 is 0 Å². The van der Waals surface area contributed by atoms with Crippen LogP contribution in [0.4, 0.5) is 0 Å². The zero-order chi connectivity index (χ0) is 12.2. The fourth-order valence-corrected chi connectivity index (χ4v) is 2.24. The highest BCUT2D eigenvalue weighted by molar-refractivity contribution is 6.00. The van der Waals surface area contributed by atoms with Crippen LogP contribution in [0.1, 0.15) is 36.7 Å². The van der Waals surface area contributed by atoms with E-state index in [1.165, 1.54) is 0 Å². The van der Waals surface area contributed by atoms with E-state index in [1.807, 2.05) is 0 Å². The molecule has 5 nitrogen and oxygen atoms in total. The monoisotopic (exact) mass is 231 g/mol. The number of benzene rings is 1. The highest BCUT2D eigenvalue weighted by atomic mass is 16.4. The van der Waals surface area contributed by atoms with E-state index in [2.05, 4.69) is 24.2 Å². The van der Waals surface area contributed by atoms with E-state index in [9.17, 15) is 9.90 Å². The highest BCUT2D eigenvalue weighted by Gasteiger charge is 2.48. The van der Waals surface area contributed by atoms with Crippen LogP contribution in [0.25, 0.3) is 11.0 Å². The number of aromatic nitrogens is 3. The van der Waals surface area contributed by atoms with Crippen LogP contribution in [0.5, 0.6) is 0 Å². The van der Waals surface area contributed by atoms with Gasteiger partial charge in [-0.25, -0.2) is 9.48 Å². The van der Waals surface area contributed by atoms with Gasteiger partial charge >= 0.3 is 5.97 Å². The Balaban J connectivity index is 2.23. The van der Waals surface area contributed by atoms with Gasteiger partial charge in [-0.3, -0.25) is 0 Å². The van der Waals surface area contributed by atoms with Crippen LogP contribution in [0.3, 0.4) is 0 Å². The maximum atomic E-state index is 11.2. The van der Waals surface area contributed by atoms with Gasteiger partial charge in [-0.2, -0.15) is 0 Å². The molecule has 1 saturated carbocycles. The summed E-state index contributed by atoms with van der Waals surface area (Å²) in [6.07, 6.45) is 1.01. The first-order chi connectivity index (χ1) is 8.00. The fraction of sp³-hybridized carbons (Fsp3) is 0.417. The molecule has 1 aromatic carbocycles. The lowest BCUT2D eigenvalue weighted by Crippen LogP contribution is -2.06. The van der Waals surface area contributed by atoms with Gasteiger partial charge in [0.2, 0.25) is 0 Å². The molecule has 0 radical (unpaired) electrons. The third-order valence-corrected chi connectivity index (χ3v) is 3.48. The van der Waals surface area contributed by atoms with Crippen LogP contribution in [0, 0.1) is 5.41 Å². The molecular weight excluding hydrogens is 218 g/mol. The number of hydrogen-bond acceptors (Lipinski definition) is 3. The molecule has 2 aromatic rings. The first-order valence-corrected chi connectivity index (χ1v) is 5.58. The molecule has 0 saturated heterocycles. The Kier molecular flexibility index (Phi) is 1.85. The van der Waals surface area contributed by atoms with Crippen LogP contribution in [-0.4, -0.2) is 26.1 Å². The smallest absolute Gasteiger partial charge is 0.337 e. The van der Waals surface area contributed by atoms with Gasteiger partial charge in [0.1, 0.15) is 11.0 Å². The standard InChI is InChI=1S/C12H13N3O2/c1-12(2)6-9(12)15-10-7(11(16)17)4-3-5-8(10)13-14-15/h3-5,9H,6H2,1-2H3,(H,16,17). The molecule has 1 aliphatic carbocycles. The number of fused-ring (bicyclic) bond motifs is 1. The minimum absolute atomic E-state index is 0.187. The molecular formula is C12H13N3O2. The first-order valence-electron chi connectivity index (χ1n) is 5.58. The van der Waals surface area contributed by atoms with E-state index >= 15 is 0 Å². The van der Waals surface area contributed by atoms with Crippen LogP contribution in [-0.2, 0) is 0 Å². The molecule has 1 aromatic heterocycles. The topological polar surface area (TPSA) is 68.0 Å². The number of carboxylic acid groups (broad SMARTS) is 1. The summed E-state index contributed by atoms with van der Waals surface area (Å²) in [5.41, 5.74) is 1.74. The van der Waals surface area contributed by atoms with Crippen molar-refractivity contribution in [2.45, 2.75) is 26.3 Å². The zero-order valence-corrected chi connectivity index (χ0v) is 9.71. The van der Waals surface area contributed by atoms with Gasteiger partial charge in [-0.05, 0) is 24.0 Å². The normalized spacial score (nSPS) is 21.6. The molecule has 0 aliphatic heterocycles. The SMILES string of the molecule is CC1(C)CC1n1nnc2cccc(C(=O)O)c21. The Hall–Kier alpha value is -1.91. The van der Waals surface area contributed by atoms with Crippen molar-refractivity contribution < 1.29 is 9.90 Å². The van der Waals surface area contributed by atoms with E-state index < -0.39 is 5.97 Å². The first kappa shape index (κ1) is 10.3. The second-order valence-corrected chi connectivity index (χ2v) is 5.22. The summed E-state index contributed by atoms with van der Waals surface area (Å²) in [7, 11) is 0. The summed E-state index contributed by atoms with van der Waals surface area (Å²) >= 11 is 0. The van der Waals surface area contributed by atoms with Crippen molar-refractivity contribution >= 4 is 17.0 Å². The lowest BCUT2D eigenvalue weighted by Gasteiger charge is -2.05. The second-order valence-electron chi connectivity index (χ2n) is 5.22. The predicted octanol–water partition coefficient (Wildman–Crippen LogP) is 2.10. The van der Waals surface area contributed by atoms with Crippen molar-refractivity contribution in [3.63, 3.8) is 0 Å². The lowest BCUT2D eigenvalue weighted by molar-refractivity contribution is 0.0698. The van der Waals surface area contributed by atoms with E-state index in [0.29, 0.717) is 11.0 Å². The Morgan fingerprint density at radius 3 is 2.82 bits per heavy atom. The van der Waals surface area contributed by atoms with Crippen molar-refractivity contribution in [1.82, 2.24) is 15.0 Å². The second kappa shape index (κ2) is 3.06. The van der Waals surface area contributed by atoms with Crippen LogP contribution >= 0.6 is 0 Å². The molecule has 5 heteroatoms. The van der Waals surface area contributed by atoms with Crippen molar-refractivity contribution in [3.05, 3.63) is 23.8 Å². The summed E-state index contributed by atoms with van der Waals surface area (Å²) in [6.45, 7) is 4.29. The maximum Gasteiger partial charge on any atom is 0.337 e. The maximum absolute atomic E-state index is 11.2. The number of para-hydroxylation sites is 1. The van der Waals surface area contributed by atoms with Gasteiger partial charge in [0.25, 0.3) is 0 Å². The van der Waals surface area contributed by atoms with Crippen LogP contribution in [0.2, 0.25) is 0 Å². The summed E-state index contributed by atoms with van der Waals surface area (Å²) in [4.78, 5) is 11.2. The Labute approximate surface area is 98.0 Å².